The summed E-state index contributed by atoms with van der Waals surface area (Å²) in [5.74, 6) is 0.634. The number of ether oxygens (including phenoxy) is 1. The third-order valence-electron chi connectivity index (χ3n) is 3.70. The molecule has 29 heavy (non-hydrogen) atoms. The molecule has 0 aliphatic heterocycles. The quantitative estimate of drug-likeness (QED) is 0.306. The third kappa shape index (κ3) is 4.18. The Morgan fingerprint density at radius 1 is 1.34 bits per heavy atom. The first kappa shape index (κ1) is 19.5. The summed E-state index contributed by atoms with van der Waals surface area (Å²) in [6.07, 6.45) is 8.14. The molecule has 4 aromatic rings. The molecule has 4 rings (SSSR count). The molecule has 13 heteroatoms. The van der Waals surface area contributed by atoms with Crippen molar-refractivity contribution < 1.29 is 19.4 Å². The maximum Gasteiger partial charge on any atom is 0.343 e. The maximum absolute atomic E-state index is 11.9. The minimum Gasteiger partial charge on any atom is -0.483 e. The van der Waals surface area contributed by atoms with Gasteiger partial charge in [-0.3, -0.25) is 9.78 Å². The second kappa shape index (κ2) is 8.60. The fourth-order valence-corrected chi connectivity index (χ4v) is 2.58. The van der Waals surface area contributed by atoms with Crippen LogP contribution in [0.2, 0.25) is 0 Å². The van der Waals surface area contributed by atoms with Crippen molar-refractivity contribution in [2.75, 3.05) is 6.61 Å². The fraction of sp³-hybridized carbons (Fsp3) is 0.188. The van der Waals surface area contributed by atoms with Gasteiger partial charge < -0.3 is 14.4 Å². The van der Waals surface area contributed by atoms with Crippen LogP contribution in [-0.4, -0.2) is 63.5 Å². The average molecular weight is 400 g/mol. The van der Waals surface area contributed by atoms with E-state index in [1.807, 2.05) is 4.57 Å². The Bertz CT molecular complexity index is 1190. The molecular formula is C16H16N8O5. The van der Waals surface area contributed by atoms with Crippen LogP contribution in [0.3, 0.4) is 0 Å². The number of carbonyl (C=O) groups excluding carboxylic acids is 1. The van der Waals surface area contributed by atoms with E-state index in [0.29, 0.717) is 35.0 Å². The van der Waals surface area contributed by atoms with Gasteiger partial charge in [0, 0.05) is 24.8 Å². The van der Waals surface area contributed by atoms with Crippen LogP contribution in [0.4, 0.5) is 0 Å². The van der Waals surface area contributed by atoms with Gasteiger partial charge in [-0.2, -0.15) is 10.2 Å². The number of aromatic amines is 2. The zero-order valence-electron chi connectivity index (χ0n) is 15.1. The minimum absolute atomic E-state index is 0.250. The summed E-state index contributed by atoms with van der Waals surface area (Å²) in [7, 11) is 0. The van der Waals surface area contributed by atoms with Gasteiger partial charge in [0.25, 0.3) is 6.47 Å². The zero-order valence-corrected chi connectivity index (χ0v) is 15.1. The molecule has 4 aromatic heterocycles. The monoisotopic (exact) mass is 400 g/mol. The van der Waals surface area contributed by atoms with E-state index in [1.54, 1.807) is 31.7 Å². The number of H-pyrrole nitrogens is 2. The molecule has 4 heterocycles. The van der Waals surface area contributed by atoms with Crippen molar-refractivity contribution in [3.8, 4) is 11.4 Å². The molecular weight excluding hydrogens is 384 g/mol. The Morgan fingerprint density at radius 2 is 2.14 bits per heavy atom. The number of nitrogens with one attached hydrogen (secondary N) is 2. The highest BCUT2D eigenvalue weighted by atomic mass is 16.5. The Morgan fingerprint density at radius 3 is 2.83 bits per heavy atom. The highest BCUT2D eigenvalue weighted by Crippen LogP contribution is 2.19. The lowest BCUT2D eigenvalue weighted by Crippen LogP contribution is -2.06. The smallest absolute Gasteiger partial charge is 0.343 e. The van der Waals surface area contributed by atoms with Gasteiger partial charge in [-0.15, -0.1) is 0 Å². The van der Waals surface area contributed by atoms with Gasteiger partial charge in [-0.1, -0.05) is 0 Å². The number of carboxylic acid groups (broad SMARTS) is 1. The first-order chi connectivity index (χ1) is 14.1. The molecule has 13 nitrogen and oxygen atoms in total. The summed E-state index contributed by atoms with van der Waals surface area (Å²) in [6.45, 7) is 2.10. The first-order valence-corrected chi connectivity index (χ1v) is 8.30. The van der Waals surface area contributed by atoms with Crippen LogP contribution in [0.1, 0.15) is 23.1 Å². The molecule has 0 saturated carbocycles. The van der Waals surface area contributed by atoms with E-state index in [4.69, 9.17) is 14.6 Å². The number of imidazole rings is 1. The molecule has 0 spiro atoms. The summed E-state index contributed by atoms with van der Waals surface area (Å²) in [5.41, 5.74) is 1.03. The fourth-order valence-electron chi connectivity index (χ4n) is 2.58. The van der Waals surface area contributed by atoms with Gasteiger partial charge in [-0.25, -0.2) is 29.2 Å². The van der Waals surface area contributed by atoms with Crippen LogP contribution in [0, 0.1) is 0 Å². The SMILES string of the molecule is CCOC(=O)c1cnn2cc(-c3nccn3Cc3n[nH]c(=O)[nH]3)cnc12.O=CO. The second-order valence-corrected chi connectivity index (χ2v) is 5.50. The minimum atomic E-state index is -0.466. The number of hydrogen-bond acceptors (Lipinski definition) is 8. The Balaban J connectivity index is 0.000000755. The van der Waals surface area contributed by atoms with Crippen molar-refractivity contribution in [2.24, 2.45) is 0 Å². The van der Waals surface area contributed by atoms with Crippen molar-refractivity contribution in [3.63, 3.8) is 0 Å². The van der Waals surface area contributed by atoms with E-state index in [1.165, 1.54) is 10.7 Å². The van der Waals surface area contributed by atoms with Crippen LogP contribution < -0.4 is 5.69 Å². The Hall–Kier alpha value is -4.29. The van der Waals surface area contributed by atoms with Crippen LogP contribution in [0.25, 0.3) is 17.0 Å². The van der Waals surface area contributed by atoms with Crippen LogP contribution in [0.15, 0.2) is 35.8 Å². The Kier molecular flexibility index (Phi) is 5.77. The number of rotatable bonds is 5. The molecule has 0 amide bonds. The summed E-state index contributed by atoms with van der Waals surface area (Å²) < 4.78 is 8.30. The van der Waals surface area contributed by atoms with Crippen LogP contribution in [-0.2, 0) is 16.1 Å². The second-order valence-electron chi connectivity index (χ2n) is 5.50. The number of hydrogen-bond donors (Lipinski definition) is 3. The topological polar surface area (TPSA) is 173 Å². The lowest BCUT2D eigenvalue weighted by molar-refractivity contribution is -0.122. The lowest BCUT2D eigenvalue weighted by Gasteiger charge is -2.06. The Labute approximate surface area is 162 Å². The van der Waals surface area contributed by atoms with E-state index < -0.39 is 5.97 Å². The van der Waals surface area contributed by atoms with Crippen molar-refractivity contribution in [2.45, 2.75) is 13.5 Å². The van der Waals surface area contributed by atoms with Crippen molar-refractivity contribution in [3.05, 3.63) is 52.9 Å². The largest absolute Gasteiger partial charge is 0.483 e. The number of carbonyl (C=O) groups is 2. The molecule has 3 N–H and O–H groups in total. The van der Waals surface area contributed by atoms with E-state index in [9.17, 15) is 9.59 Å². The first-order valence-electron chi connectivity index (χ1n) is 8.30. The summed E-state index contributed by atoms with van der Waals surface area (Å²) in [6, 6.07) is 0. The number of nitrogens with zero attached hydrogens (tertiary/aromatic N) is 6. The number of esters is 1. The van der Waals surface area contributed by atoms with Crippen molar-refractivity contribution >= 4 is 18.1 Å². The van der Waals surface area contributed by atoms with Crippen LogP contribution in [0.5, 0.6) is 0 Å². The summed E-state index contributed by atoms with van der Waals surface area (Å²) in [4.78, 5) is 42.7. The van der Waals surface area contributed by atoms with Crippen molar-refractivity contribution in [1.29, 1.82) is 0 Å². The van der Waals surface area contributed by atoms with Gasteiger partial charge in [0.1, 0.15) is 11.4 Å². The highest BCUT2D eigenvalue weighted by Gasteiger charge is 2.16. The zero-order chi connectivity index (χ0) is 20.8. The predicted octanol–water partition coefficient (Wildman–Crippen LogP) is -0.0700. The lowest BCUT2D eigenvalue weighted by atomic mass is 10.3. The van der Waals surface area contributed by atoms with E-state index in [-0.39, 0.29) is 18.8 Å². The van der Waals surface area contributed by atoms with E-state index >= 15 is 0 Å². The number of fused-ring (bicyclic) bond motifs is 1. The molecule has 0 atom stereocenters. The third-order valence-corrected chi connectivity index (χ3v) is 3.70. The standard InChI is InChI=1S/C15H14N8O3.CH2O2/c1-2-26-14(24)10-6-18-23-7-9(5-17-13(10)23)12-16-3-4-22(12)8-11-19-15(25)21-20-11;2-1-3/h3-7H,2,8H2,1H3,(H2,19,20,21,25);1H,(H,2,3). The predicted molar refractivity (Wildman–Crippen MR) is 97.2 cm³/mol. The molecule has 0 fully saturated rings. The normalized spacial score (nSPS) is 10.4. The summed E-state index contributed by atoms with van der Waals surface area (Å²) in [5, 5.41) is 17.3. The number of aromatic nitrogens is 8. The molecule has 0 radical (unpaired) electrons. The van der Waals surface area contributed by atoms with Gasteiger partial charge in [0.05, 0.1) is 24.9 Å². The molecule has 0 aliphatic carbocycles. The summed E-state index contributed by atoms with van der Waals surface area (Å²) >= 11 is 0. The molecule has 0 aliphatic rings. The van der Waals surface area contributed by atoms with Crippen LogP contribution >= 0.6 is 0 Å². The van der Waals surface area contributed by atoms with Gasteiger partial charge in [-0.05, 0) is 6.92 Å². The molecule has 0 unspecified atom stereocenters. The molecule has 0 bridgehead atoms. The van der Waals surface area contributed by atoms with Gasteiger partial charge in [0.15, 0.2) is 11.5 Å². The van der Waals surface area contributed by atoms with Gasteiger partial charge >= 0.3 is 11.7 Å². The van der Waals surface area contributed by atoms with E-state index in [2.05, 4.69) is 30.2 Å². The van der Waals surface area contributed by atoms with Gasteiger partial charge in [0.2, 0.25) is 0 Å². The maximum atomic E-state index is 11.9. The highest BCUT2D eigenvalue weighted by molar-refractivity contribution is 5.95. The van der Waals surface area contributed by atoms with E-state index in [0.717, 1.165) is 0 Å². The molecule has 150 valence electrons. The molecule has 0 aromatic carbocycles. The molecule has 0 saturated heterocycles. The van der Waals surface area contributed by atoms with Crippen molar-refractivity contribution in [1.82, 2.24) is 39.3 Å². The average Bonchev–Trinajstić information content (AvgIpc) is 3.42.